The summed E-state index contributed by atoms with van der Waals surface area (Å²) >= 11 is 0.873. The number of H-pyrrole nitrogens is 1. The number of nitrogens with one attached hydrogen (secondary N) is 2. The van der Waals surface area contributed by atoms with Crippen molar-refractivity contribution in [3.63, 3.8) is 0 Å². The topological polar surface area (TPSA) is 171 Å². The van der Waals surface area contributed by atoms with Gasteiger partial charge in [-0.1, -0.05) is 18.2 Å². The number of sulfonamides is 1. The fourth-order valence-corrected chi connectivity index (χ4v) is 4.96. The molecular formula is C20H16N6O5S2. The number of carbonyl (C=O) groups is 1. The van der Waals surface area contributed by atoms with Crippen LogP contribution < -0.4 is 4.72 Å². The van der Waals surface area contributed by atoms with E-state index in [4.69, 9.17) is 4.74 Å². The summed E-state index contributed by atoms with van der Waals surface area (Å²) in [6.07, 6.45) is 0. The summed E-state index contributed by atoms with van der Waals surface area (Å²) in [5.41, 5.74) is 1.68. The van der Waals surface area contributed by atoms with E-state index in [0.29, 0.717) is 16.6 Å². The molecule has 0 aliphatic carbocycles. The Balaban J connectivity index is 1.46. The zero-order valence-electron chi connectivity index (χ0n) is 17.0. The number of benzene rings is 2. The Bertz CT molecular complexity index is 1500. The van der Waals surface area contributed by atoms with Crippen LogP contribution in [0.25, 0.3) is 27.6 Å². The summed E-state index contributed by atoms with van der Waals surface area (Å²) in [5.74, 6) is -1.36. The molecule has 0 amide bonds. The van der Waals surface area contributed by atoms with Gasteiger partial charge in [0, 0.05) is 0 Å². The molecule has 13 heteroatoms. The number of aromatic amines is 1. The number of hydrogen-bond acceptors (Lipinski definition) is 10. The molecule has 33 heavy (non-hydrogen) atoms. The molecule has 168 valence electrons. The van der Waals surface area contributed by atoms with Crippen LogP contribution in [0.2, 0.25) is 0 Å². The third kappa shape index (κ3) is 4.53. The lowest BCUT2D eigenvalue weighted by Crippen LogP contribution is -2.39. The number of para-hydroxylation sites is 2. The number of ether oxygens (including phenoxy) is 1. The van der Waals surface area contributed by atoms with Crippen LogP contribution in [0.3, 0.4) is 0 Å². The number of allylic oxidation sites excluding steroid dienone is 1. The number of esters is 1. The SMILES string of the molecule is C[C@@H](NS(=O)(=O)c1cccc2nsnc12)C(=O)OCC(O)=C(C#N)c1nc2ccccc2[nH]1. The first-order chi connectivity index (χ1) is 15.8. The van der Waals surface area contributed by atoms with Crippen LogP contribution in [0, 0.1) is 11.3 Å². The van der Waals surface area contributed by atoms with Crippen molar-refractivity contribution >= 4 is 55.4 Å². The molecule has 0 bridgehead atoms. The van der Waals surface area contributed by atoms with Crippen molar-refractivity contribution in [3.05, 3.63) is 54.0 Å². The van der Waals surface area contributed by atoms with Crippen LogP contribution in [0.15, 0.2) is 53.1 Å². The Morgan fingerprint density at radius 2 is 2.00 bits per heavy atom. The van der Waals surface area contributed by atoms with Gasteiger partial charge in [0.05, 0.1) is 22.8 Å². The van der Waals surface area contributed by atoms with Gasteiger partial charge in [-0.05, 0) is 31.2 Å². The first kappa shape index (κ1) is 22.3. The van der Waals surface area contributed by atoms with Gasteiger partial charge in [-0.15, -0.1) is 0 Å². The zero-order valence-corrected chi connectivity index (χ0v) is 18.6. The number of nitriles is 1. The maximum absolute atomic E-state index is 12.7. The molecule has 2 aromatic carbocycles. The number of nitrogens with zero attached hydrogens (tertiary/aromatic N) is 4. The van der Waals surface area contributed by atoms with Crippen molar-refractivity contribution in [1.82, 2.24) is 23.4 Å². The van der Waals surface area contributed by atoms with E-state index in [1.807, 2.05) is 6.07 Å². The number of imidazole rings is 1. The average Bonchev–Trinajstić information content (AvgIpc) is 3.44. The van der Waals surface area contributed by atoms with E-state index >= 15 is 0 Å². The number of aliphatic hydroxyl groups is 1. The predicted molar refractivity (Wildman–Crippen MR) is 119 cm³/mol. The lowest BCUT2D eigenvalue weighted by molar-refractivity contribution is -0.144. The highest BCUT2D eigenvalue weighted by Gasteiger charge is 2.26. The van der Waals surface area contributed by atoms with Crippen LogP contribution in [-0.4, -0.2) is 50.9 Å². The quantitative estimate of drug-likeness (QED) is 0.202. The Morgan fingerprint density at radius 3 is 2.76 bits per heavy atom. The van der Waals surface area contributed by atoms with Crippen LogP contribution in [0.1, 0.15) is 12.7 Å². The van der Waals surface area contributed by atoms with Crippen molar-refractivity contribution in [2.45, 2.75) is 17.9 Å². The molecule has 3 N–H and O–H groups in total. The van der Waals surface area contributed by atoms with Crippen LogP contribution in [-0.2, 0) is 19.6 Å². The number of carbonyl (C=O) groups excluding carboxylic acids is 1. The summed E-state index contributed by atoms with van der Waals surface area (Å²) in [5, 5.41) is 19.7. The van der Waals surface area contributed by atoms with Gasteiger partial charge < -0.3 is 14.8 Å². The zero-order chi connectivity index (χ0) is 23.6. The summed E-state index contributed by atoms with van der Waals surface area (Å²) in [4.78, 5) is 19.4. The molecule has 2 heterocycles. The average molecular weight is 485 g/mol. The van der Waals surface area contributed by atoms with E-state index in [0.717, 1.165) is 11.7 Å². The van der Waals surface area contributed by atoms with Crippen LogP contribution in [0.4, 0.5) is 0 Å². The van der Waals surface area contributed by atoms with E-state index in [1.165, 1.54) is 19.1 Å². The maximum Gasteiger partial charge on any atom is 0.324 e. The van der Waals surface area contributed by atoms with Gasteiger partial charge in [0.1, 0.15) is 40.2 Å². The molecule has 0 aliphatic heterocycles. The Hall–Kier alpha value is -3.86. The van der Waals surface area contributed by atoms with E-state index in [9.17, 15) is 23.6 Å². The molecule has 0 aliphatic rings. The first-order valence-corrected chi connectivity index (χ1v) is 11.7. The van der Waals surface area contributed by atoms with Crippen molar-refractivity contribution in [2.24, 2.45) is 0 Å². The van der Waals surface area contributed by atoms with Crippen molar-refractivity contribution in [3.8, 4) is 6.07 Å². The fraction of sp³-hybridized carbons (Fsp3) is 0.150. The molecule has 4 aromatic rings. The Kier molecular flexibility index (Phi) is 6.05. The highest BCUT2D eigenvalue weighted by atomic mass is 32.2. The minimum absolute atomic E-state index is 0.117. The second-order valence-corrected chi connectivity index (χ2v) is 9.09. The van der Waals surface area contributed by atoms with Crippen molar-refractivity contribution < 1.29 is 23.1 Å². The lowest BCUT2D eigenvalue weighted by atomic mass is 10.2. The smallest absolute Gasteiger partial charge is 0.324 e. The van der Waals surface area contributed by atoms with Crippen molar-refractivity contribution in [1.29, 1.82) is 5.26 Å². The summed E-state index contributed by atoms with van der Waals surface area (Å²) in [7, 11) is -4.11. The highest BCUT2D eigenvalue weighted by molar-refractivity contribution is 7.89. The molecule has 0 unspecified atom stereocenters. The molecular weight excluding hydrogens is 468 g/mol. The first-order valence-electron chi connectivity index (χ1n) is 9.47. The van der Waals surface area contributed by atoms with Crippen molar-refractivity contribution in [2.75, 3.05) is 6.61 Å². The lowest BCUT2D eigenvalue weighted by Gasteiger charge is -2.14. The minimum atomic E-state index is -4.11. The minimum Gasteiger partial charge on any atom is -0.507 e. The molecule has 0 radical (unpaired) electrons. The van der Waals surface area contributed by atoms with E-state index < -0.39 is 34.4 Å². The molecule has 2 aromatic heterocycles. The standard InChI is InChI=1S/C20H16N6O5S2/c1-11(26-33(29,30)17-8-4-7-15-18(17)25-32-24-15)20(28)31-10-16(27)12(9-21)19-22-13-5-2-3-6-14(13)23-19/h2-8,11,26-27H,10H2,1H3,(H,22,23)/t11-/m1/s1. The Morgan fingerprint density at radius 1 is 1.24 bits per heavy atom. The highest BCUT2D eigenvalue weighted by Crippen LogP contribution is 2.22. The molecule has 0 saturated heterocycles. The van der Waals surface area contributed by atoms with Gasteiger partial charge in [-0.2, -0.15) is 18.7 Å². The van der Waals surface area contributed by atoms with E-state index in [1.54, 1.807) is 30.3 Å². The van der Waals surface area contributed by atoms with E-state index in [-0.39, 0.29) is 21.8 Å². The van der Waals surface area contributed by atoms with Gasteiger partial charge in [0.15, 0.2) is 11.6 Å². The largest absolute Gasteiger partial charge is 0.507 e. The van der Waals surface area contributed by atoms with Gasteiger partial charge in [-0.25, -0.2) is 13.4 Å². The number of hydrogen-bond donors (Lipinski definition) is 3. The summed E-state index contributed by atoms with van der Waals surface area (Å²) in [6.45, 7) is 0.654. The second kappa shape index (κ2) is 8.94. The molecule has 1 atom stereocenters. The number of aliphatic hydroxyl groups excluding tert-OH is 1. The van der Waals surface area contributed by atoms with Gasteiger partial charge in [0.2, 0.25) is 10.0 Å². The summed E-state index contributed by atoms with van der Waals surface area (Å²) < 4.78 is 40.7. The van der Waals surface area contributed by atoms with E-state index in [2.05, 4.69) is 23.4 Å². The number of rotatable bonds is 7. The monoisotopic (exact) mass is 484 g/mol. The third-order valence-electron chi connectivity index (χ3n) is 4.60. The van der Waals surface area contributed by atoms with Crippen LogP contribution >= 0.6 is 11.7 Å². The second-order valence-electron chi connectivity index (χ2n) is 6.87. The normalized spacial score (nSPS) is 13.5. The molecule has 4 rings (SSSR count). The fourth-order valence-electron chi connectivity index (χ4n) is 3.00. The molecule has 0 spiro atoms. The molecule has 0 saturated carbocycles. The van der Waals surface area contributed by atoms with Gasteiger partial charge in [0.25, 0.3) is 0 Å². The van der Waals surface area contributed by atoms with Crippen LogP contribution in [0.5, 0.6) is 0 Å². The third-order valence-corrected chi connectivity index (χ3v) is 6.72. The number of aromatic nitrogens is 4. The maximum atomic E-state index is 12.7. The predicted octanol–water partition coefficient (Wildman–Crippen LogP) is 2.27. The molecule has 0 fully saturated rings. The summed E-state index contributed by atoms with van der Waals surface area (Å²) in [6, 6.07) is 12.1. The van der Waals surface area contributed by atoms with Gasteiger partial charge in [-0.3, -0.25) is 4.79 Å². The number of fused-ring (bicyclic) bond motifs is 2. The van der Waals surface area contributed by atoms with Gasteiger partial charge >= 0.3 is 5.97 Å². The Labute approximate surface area is 191 Å². The molecule has 11 nitrogen and oxygen atoms in total.